The highest BCUT2D eigenvalue weighted by atomic mass is 16.6. The lowest BCUT2D eigenvalue weighted by Crippen LogP contribution is -2.46. The van der Waals surface area contributed by atoms with Gasteiger partial charge in [-0.15, -0.1) is 0 Å². The van der Waals surface area contributed by atoms with Crippen molar-refractivity contribution in [1.82, 2.24) is 10.2 Å². The number of ether oxygens (including phenoxy) is 3. The van der Waals surface area contributed by atoms with E-state index in [-0.39, 0.29) is 34.8 Å². The minimum atomic E-state index is -0.927. The van der Waals surface area contributed by atoms with Gasteiger partial charge in [-0.1, -0.05) is 42.5 Å². The monoisotopic (exact) mass is 601 g/mol. The topological polar surface area (TPSA) is 147 Å². The Balaban J connectivity index is 1.56. The van der Waals surface area contributed by atoms with E-state index in [4.69, 9.17) is 19.9 Å². The molecule has 1 unspecified atom stereocenters. The molecule has 1 fully saturated rings. The van der Waals surface area contributed by atoms with Crippen LogP contribution in [0.15, 0.2) is 77.3 Å². The molecule has 2 aromatic carbocycles. The number of hydrogen-bond acceptors (Lipinski definition) is 10. The summed E-state index contributed by atoms with van der Waals surface area (Å²) in [5, 5.41) is 13.7. The van der Waals surface area contributed by atoms with Crippen molar-refractivity contribution < 1.29 is 28.6 Å². The molecule has 44 heavy (non-hydrogen) atoms. The molecule has 2 aliphatic heterocycles. The second-order valence-electron chi connectivity index (χ2n) is 11.6. The van der Waals surface area contributed by atoms with E-state index in [1.165, 1.54) is 19.1 Å². The number of esters is 2. The van der Waals surface area contributed by atoms with E-state index in [1.54, 1.807) is 41.3 Å². The number of carbonyl (C=O) groups is 3. The number of hydrogen-bond donors (Lipinski definition) is 2. The van der Waals surface area contributed by atoms with Crippen molar-refractivity contribution in [1.29, 1.82) is 5.26 Å². The molecule has 1 amide bonds. The summed E-state index contributed by atoms with van der Waals surface area (Å²) in [6.45, 7) is 7.37. The van der Waals surface area contributed by atoms with Gasteiger partial charge in [-0.2, -0.15) is 5.26 Å². The van der Waals surface area contributed by atoms with Crippen molar-refractivity contribution in [2.75, 3.05) is 32.2 Å². The molecular weight excluding hydrogens is 562 g/mol. The van der Waals surface area contributed by atoms with Crippen LogP contribution in [0.1, 0.15) is 50.7 Å². The highest BCUT2D eigenvalue weighted by molar-refractivity contribution is 6.06. The molecule has 11 heteroatoms. The molecule has 0 spiro atoms. The number of methoxy groups -OCH3 is 2. The van der Waals surface area contributed by atoms with Crippen LogP contribution in [0.2, 0.25) is 0 Å². The minimum absolute atomic E-state index is 0.0111. The summed E-state index contributed by atoms with van der Waals surface area (Å²) < 4.78 is 15.7. The van der Waals surface area contributed by atoms with Gasteiger partial charge in [0.2, 0.25) is 0 Å². The predicted molar refractivity (Wildman–Crippen MR) is 164 cm³/mol. The Kier molecular flexibility index (Phi) is 9.96. The van der Waals surface area contributed by atoms with Gasteiger partial charge in [0.1, 0.15) is 17.1 Å². The summed E-state index contributed by atoms with van der Waals surface area (Å²) >= 11 is 0. The van der Waals surface area contributed by atoms with E-state index in [1.807, 2.05) is 39.0 Å². The number of piperidine rings is 1. The van der Waals surface area contributed by atoms with E-state index in [2.05, 4.69) is 11.4 Å². The number of anilines is 1. The van der Waals surface area contributed by atoms with Crippen LogP contribution in [0.5, 0.6) is 0 Å². The fraction of sp³-hybridized carbons (Fsp3) is 0.394. The molecule has 0 aromatic heterocycles. The van der Waals surface area contributed by atoms with Crippen molar-refractivity contribution in [2.24, 2.45) is 5.73 Å². The van der Waals surface area contributed by atoms with Crippen molar-refractivity contribution in [2.45, 2.75) is 57.7 Å². The van der Waals surface area contributed by atoms with Crippen molar-refractivity contribution >= 4 is 23.7 Å². The molecule has 3 N–H and O–H groups in total. The summed E-state index contributed by atoms with van der Waals surface area (Å²) in [7, 11) is 2.43. The van der Waals surface area contributed by atoms with Crippen LogP contribution in [0.25, 0.3) is 0 Å². The third kappa shape index (κ3) is 7.03. The first-order valence-electron chi connectivity index (χ1n) is 14.4. The second-order valence-corrected chi connectivity index (χ2v) is 11.6. The first-order valence-corrected chi connectivity index (χ1v) is 14.4. The standard InChI is InChI=1S/C33H39N5O6/c1-33(2,3)44-32(41)37-17-15-23(16-18-37)36-20-21-11-13-24(14-12-21)38-28(31(40)43-5)27(30(39)42-4)26(25(19-34)29(38)35)22-9-7-6-8-10-22/h6-14,23,26,36H,15-18,20,35H2,1-5H3. The van der Waals surface area contributed by atoms with Crippen molar-refractivity contribution in [3.8, 4) is 6.07 Å². The van der Waals surface area contributed by atoms with Gasteiger partial charge in [0, 0.05) is 31.4 Å². The number of nitrogens with zero attached hydrogens (tertiary/aromatic N) is 3. The molecule has 2 aromatic rings. The van der Waals surface area contributed by atoms with E-state index in [9.17, 15) is 19.6 Å². The molecule has 0 aliphatic carbocycles. The third-order valence-electron chi connectivity index (χ3n) is 7.55. The highest BCUT2D eigenvalue weighted by Gasteiger charge is 2.43. The lowest BCUT2D eigenvalue weighted by atomic mass is 9.81. The van der Waals surface area contributed by atoms with Crippen LogP contribution in [0, 0.1) is 11.3 Å². The third-order valence-corrected chi connectivity index (χ3v) is 7.55. The van der Waals surface area contributed by atoms with Gasteiger partial charge in [-0.25, -0.2) is 14.4 Å². The van der Waals surface area contributed by atoms with Crippen LogP contribution in [-0.4, -0.2) is 61.9 Å². The van der Waals surface area contributed by atoms with Gasteiger partial charge in [-0.3, -0.25) is 4.90 Å². The number of nitrogens with two attached hydrogens (primary N) is 1. The molecule has 2 aliphatic rings. The number of benzene rings is 2. The van der Waals surface area contributed by atoms with Crippen LogP contribution in [0.4, 0.5) is 10.5 Å². The Morgan fingerprint density at radius 1 is 0.977 bits per heavy atom. The number of amides is 1. The molecule has 4 rings (SSSR count). The summed E-state index contributed by atoms with van der Waals surface area (Å²) in [4.78, 5) is 41.9. The van der Waals surface area contributed by atoms with Crippen molar-refractivity contribution in [3.05, 3.63) is 88.4 Å². The number of nitrogens with one attached hydrogen (secondary N) is 1. The first-order chi connectivity index (χ1) is 21.0. The van der Waals surface area contributed by atoms with Gasteiger partial charge < -0.3 is 30.2 Å². The van der Waals surface area contributed by atoms with Gasteiger partial charge >= 0.3 is 18.0 Å². The molecule has 1 saturated heterocycles. The lowest BCUT2D eigenvalue weighted by molar-refractivity contribution is -0.139. The number of likely N-dealkylation sites (tertiary alicyclic amines) is 1. The van der Waals surface area contributed by atoms with E-state index in [0.29, 0.717) is 30.9 Å². The normalized spacial score (nSPS) is 17.7. The Bertz CT molecular complexity index is 1480. The average Bonchev–Trinajstić information content (AvgIpc) is 3.02. The first kappa shape index (κ1) is 32.1. The van der Waals surface area contributed by atoms with Gasteiger partial charge in [0.25, 0.3) is 0 Å². The fourth-order valence-electron chi connectivity index (χ4n) is 5.40. The molecule has 2 heterocycles. The zero-order valence-corrected chi connectivity index (χ0v) is 25.8. The molecular formula is C33H39N5O6. The summed E-state index contributed by atoms with van der Waals surface area (Å²) in [5.41, 5.74) is 8.05. The molecule has 0 bridgehead atoms. The maximum Gasteiger partial charge on any atom is 0.410 e. The predicted octanol–water partition coefficient (Wildman–Crippen LogP) is 4.07. The van der Waals surface area contributed by atoms with Crippen LogP contribution >= 0.6 is 0 Å². The average molecular weight is 602 g/mol. The molecule has 232 valence electrons. The lowest BCUT2D eigenvalue weighted by Gasteiger charge is -2.36. The Hall–Kier alpha value is -4.82. The fourth-order valence-corrected chi connectivity index (χ4v) is 5.40. The Labute approximate surface area is 257 Å². The Morgan fingerprint density at radius 3 is 2.14 bits per heavy atom. The maximum absolute atomic E-state index is 13.2. The van der Waals surface area contributed by atoms with E-state index < -0.39 is 23.5 Å². The SMILES string of the molecule is COC(=O)C1=C(C(=O)OC)N(c2ccc(CNC3CCN(C(=O)OC(C)(C)C)CC3)cc2)C(N)=C(C#N)C1c1ccccc1. The number of nitriles is 1. The molecule has 11 nitrogen and oxygen atoms in total. The molecule has 0 radical (unpaired) electrons. The Morgan fingerprint density at radius 2 is 1.59 bits per heavy atom. The minimum Gasteiger partial charge on any atom is -0.466 e. The van der Waals surface area contributed by atoms with E-state index in [0.717, 1.165) is 18.4 Å². The number of allylic oxidation sites excluding steroid dienone is 1. The molecule has 0 saturated carbocycles. The molecule has 1 atom stereocenters. The summed E-state index contributed by atoms with van der Waals surface area (Å²) in [6.07, 6.45) is 1.31. The van der Waals surface area contributed by atoms with Crippen molar-refractivity contribution in [3.63, 3.8) is 0 Å². The van der Waals surface area contributed by atoms with Gasteiger partial charge in [-0.05, 0) is 56.9 Å². The smallest absolute Gasteiger partial charge is 0.410 e. The summed E-state index contributed by atoms with van der Waals surface area (Å²) in [5.74, 6) is -2.49. The highest BCUT2D eigenvalue weighted by Crippen LogP contribution is 2.43. The van der Waals surface area contributed by atoms with E-state index >= 15 is 0 Å². The maximum atomic E-state index is 13.2. The number of rotatable bonds is 7. The van der Waals surface area contributed by atoms with Gasteiger partial charge in [0.15, 0.2) is 0 Å². The largest absolute Gasteiger partial charge is 0.466 e. The zero-order chi connectivity index (χ0) is 32.0. The van der Waals surface area contributed by atoms with Crippen LogP contribution in [0.3, 0.4) is 0 Å². The van der Waals surface area contributed by atoms with Gasteiger partial charge in [0.05, 0.1) is 37.4 Å². The summed E-state index contributed by atoms with van der Waals surface area (Å²) in [6, 6.07) is 18.6. The number of carbonyl (C=O) groups excluding carboxylic acids is 3. The quantitative estimate of drug-likeness (QED) is 0.352. The second kappa shape index (κ2) is 13.7. The zero-order valence-electron chi connectivity index (χ0n) is 25.8. The van der Waals surface area contributed by atoms with Crippen LogP contribution < -0.4 is 16.0 Å². The van der Waals surface area contributed by atoms with Crippen LogP contribution in [-0.2, 0) is 30.3 Å².